The summed E-state index contributed by atoms with van der Waals surface area (Å²) in [5.74, 6) is -0.964. The first-order valence-electron chi connectivity index (χ1n) is 7.30. The molecule has 0 aliphatic heterocycles. The number of hydrazone groups is 1. The van der Waals surface area contributed by atoms with Crippen LogP contribution in [0, 0.1) is 6.92 Å². The van der Waals surface area contributed by atoms with Crippen LogP contribution in [0.25, 0.3) is 5.65 Å². The number of nitrogens with zero attached hydrogens (tertiary/aromatic N) is 3. The van der Waals surface area contributed by atoms with E-state index in [2.05, 4.69) is 15.5 Å². The summed E-state index contributed by atoms with van der Waals surface area (Å²) in [4.78, 5) is 28.2. The van der Waals surface area contributed by atoms with E-state index >= 15 is 0 Å². The molecule has 1 amide bonds. The number of hydrogen-bond donors (Lipinski definition) is 3. The second-order valence-corrected chi connectivity index (χ2v) is 5.33. The molecule has 3 N–H and O–H groups in total. The van der Waals surface area contributed by atoms with E-state index in [1.165, 1.54) is 28.7 Å². The molecule has 0 aliphatic rings. The van der Waals surface area contributed by atoms with E-state index in [0.29, 0.717) is 5.65 Å². The number of carbonyl (C=O) groups excluding carboxylic acids is 1. The first-order valence-corrected chi connectivity index (χ1v) is 7.30. The minimum atomic E-state index is -0.528. The molecular weight excluding hydrogens is 324 g/mol. The summed E-state index contributed by atoms with van der Waals surface area (Å²) in [6.45, 7) is 1.84. The zero-order valence-electron chi connectivity index (χ0n) is 13.2. The number of hydrogen-bond acceptors (Lipinski definition) is 6. The van der Waals surface area contributed by atoms with Crippen LogP contribution < -0.4 is 11.0 Å². The lowest BCUT2D eigenvalue weighted by Crippen LogP contribution is -2.22. The van der Waals surface area contributed by atoms with E-state index in [-0.39, 0.29) is 16.9 Å². The Hall–Kier alpha value is -3.68. The molecule has 8 nitrogen and oxygen atoms in total. The maximum atomic E-state index is 12.4. The fourth-order valence-corrected chi connectivity index (χ4v) is 2.19. The molecule has 0 unspecified atom stereocenters. The lowest BCUT2D eigenvalue weighted by Gasteiger charge is -2.04. The summed E-state index contributed by atoms with van der Waals surface area (Å²) in [7, 11) is 0. The van der Waals surface area contributed by atoms with Crippen LogP contribution in [-0.2, 0) is 0 Å². The quantitative estimate of drug-likeness (QED) is 0.490. The van der Waals surface area contributed by atoms with Gasteiger partial charge < -0.3 is 10.2 Å². The number of aryl methyl sites for hydroxylation is 1. The smallest absolute Gasteiger partial charge is 0.271 e. The van der Waals surface area contributed by atoms with Crippen molar-refractivity contribution in [3.05, 3.63) is 69.6 Å². The molecule has 8 heteroatoms. The van der Waals surface area contributed by atoms with E-state index in [9.17, 15) is 19.8 Å². The Morgan fingerprint density at radius 3 is 2.68 bits per heavy atom. The van der Waals surface area contributed by atoms with Crippen LogP contribution in [0.2, 0.25) is 0 Å². The lowest BCUT2D eigenvalue weighted by atomic mass is 10.2. The van der Waals surface area contributed by atoms with Gasteiger partial charge in [0.05, 0.1) is 6.21 Å². The van der Waals surface area contributed by atoms with E-state index in [1.807, 2.05) is 6.92 Å². The minimum Gasteiger partial charge on any atom is -0.508 e. The van der Waals surface area contributed by atoms with Crippen molar-refractivity contribution in [3.63, 3.8) is 0 Å². The summed E-state index contributed by atoms with van der Waals surface area (Å²) in [6.07, 6.45) is 2.58. The third-order valence-corrected chi connectivity index (χ3v) is 3.49. The number of aromatic nitrogens is 2. The van der Waals surface area contributed by atoms with Crippen LogP contribution in [0.5, 0.6) is 11.6 Å². The molecule has 0 bridgehead atoms. The number of benzene rings is 1. The molecule has 3 aromatic rings. The largest absolute Gasteiger partial charge is 0.508 e. The SMILES string of the molecule is Cc1ccn2c(=O)c(C=NNC(=O)c3ccc(O)cc3)c(O)nc2c1. The highest BCUT2D eigenvalue weighted by Gasteiger charge is 2.10. The Kier molecular flexibility index (Phi) is 4.17. The van der Waals surface area contributed by atoms with Crippen LogP contribution in [0.1, 0.15) is 21.5 Å². The molecule has 1 aromatic carbocycles. The van der Waals surface area contributed by atoms with Crippen LogP contribution in [-0.4, -0.2) is 31.7 Å². The van der Waals surface area contributed by atoms with Crippen molar-refractivity contribution in [2.45, 2.75) is 6.92 Å². The zero-order chi connectivity index (χ0) is 18.0. The Morgan fingerprint density at radius 2 is 1.96 bits per heavy atom. The van der Waals surface area contributed by atoms with Gasteiger partial charge in [-0.05, 0) is 48.9 Å². The van der Waals surface area contributed by atoms with E-state index in [0.717, 1.165) is 11.8 Å². The van der Waals surface area contributed by atoms with Gasteiger partial charge in [-0.25, -0.2) is 5.43 Å². The number of pyridine rings is 1. The topological polar surface area (TPSA) is 116 Å². The maximum Gasteiger partial charge on any atom is 0.271 e. The van der Waals surface area contributed by atoms with Crippen molar-refractivity contribution in [1.82, 2.24) is 14.8 Å². The van der Waals surface area contributed by atoms with Gasteiger partial charge in [-0.2, -0.15) is 10.1 Å². The van der Waals surface area contributed by atoms with E-state index in [1.54, 1.807) is 18.3 Å². The van der Waals surface area contributed by atoms with Crippen LogP contribution in [0.4, 0.5) is 0 Å². The molecule has 2 heterocycles. The highest BCUT2D eigenvalue weighted by Crippen LogP contribution is 2.11. The van der Waals surface area contributed by atoms with Gasteiger partial charge in [-0.1, -0.05) is 0 Å². The molecule has 0 spiro atoms. The summed E-state index contributed by atoms with van der Waals surface area (Å²) < 4.78 is 1.27. The fraction of sp³-hybridized carbons (Fsp3) is 0.0588. The minimum absolute atomic E-state index is 0.0375. The van der Waals surface area contributed by atoms with Crippen molar-refractivity contribution in [3.8, 4) is 11.6 Å². The Balaban J connectivity index is 1.86. The van der Waals surface area contributed by atoms with Gasteiger partial charge in [0.25, 0.3) is 11.5 Å². The maximum absolute atomic E-state index is 12.4. The highest BCUT2D eigenvalue weighted by atomic mass is 16.3. The Labute approximate surface area is 141 Å². The third-order valence-electron chi connectivity index (χ3n) is 3.49. The number of amides is 1. The summed E-state index contributed by atoms with van der Waals surface area (Å²) in [5.41, 5.74) is 3.08. The van der Waals surface area contributed by atoms with Gasteiger partial charge in [0.15, 0.2) is 0 Å². The molecular formula is C17H14N4O4. The average molecular weight is 338 g/mol. The first-order chi connectivity index (χ1) is 12.0. The number of phenols is 1. The van der Waals surface area contributed by atoms with E-state index in [4.69, 9.17) is 0 Å². The number of fused-ring (bicyclic) bond motifs is 1. The number of aromatic hydroxyl groups is 2. The molecule has 0 fully saturated rings. The van der Waals surface area contributed by atoms with Gasteiger partial charge in [-0.15, -0.1) is 0 Å². The van der Waals surface area contributed by atoms with Crippen molar-refractivity contribution in [1.29, 1.82) is 0 Å². The summed E-state index contributed by atoms with van der Waals surface area (Å²) in [5, 5.41) is 22.8. The van der Waals surface area contributed by atoms with E-state index < -0.39 is 17.3 Å². The Bertz CT molecular complexity index is 1040. The number of nitrogens with one attached hydrogen (secondary N) is 1. The van der Waals surface area contributed by atoms with Gasteiger partial charge in [0.1, 0.15) is 17.0 Å². The van der Waals surface area contributed by atoms with Gasteiger partial charge in [0.2, 0.25) is 5.88 Å². The Morgan fingerprint density at radius 1 is 1.24 bits per heavy atom. The van der Waals surface area contributed by atoms with Gasteiger partial charge >= 0.3 is 0 Å². The van der Waals surface area contributed by atoms with Crippen molar-refractivity contribution < 1.29 is 15.0 Å². The zero-order valence-corrected chi connectivity index (χ0v) is 13.2. The second-order valence-electron chi connectivity index (χ2n) is 5.33. The normalized spacial score (nSPS) is 11.1. The predicted octanol–water partition coefficient (Wildman–Crippen LogP) is 1.18. The van der Waals surface area contributed by atoms with Gasteiger partial charge in [0, 0.05) is 11.8 Å². The van der Waals surface area contributed by atoms with Crippen molar-refractivity contribution in [2.24, 2.45) is 5.10 Å². The molecule has 0 radical (unpaired) electrons. The molecule has 126 valence electrons. The molecule has 0 saturated carbocycles. The lowest BCUT2D eigenvalue weighted by molar-refractivity contribution is 0.0955. The first kappa shape index (κ1) is 16.2. The molecule has 0 saturated heterocycles. The van der Waals surface area contributed by atoms with Crippen LogP contribution in [0.3, 0.4) is 0 Å². The highest BCUT2D eigenvalue weighted by molar-refractivity contribution is 5.95. The van der Waals surface area contributed by atoms with Crippen molar-refractivity contribution in [2.75, 3.05) is 0 Å². The monoisotopic (exact) mass is 338 g/mol. The summed E-state index contributed by atoms with van der Waals surface area (Å²) in [6, 6.07) is 8.98. The summed E-state index contributed by atoms with van der Waals surface area (Å²) >= 11 is 0. The standard InChI is InChI=1S/C17H14N4O4/c1-10-6-7-21-14(8-10)19-16(24)13(17(21)25)9-18-20-15(23)11-2-4-12(22)5-3-11/h2-9,22,24H,1H3,(H,20,23). The van der Waals surface area contributed by atoms with Gasteiger partial charge in [-0.3, -0.25) is 14.0 Å². The number of rotatable bonds is 3. The van der Waals surface area contributed by atoms with Crippen LogP contribution >= 0.6 is 0 Å². The second kappa shape index (κ2) is 6.44. The number of carbonyl (C=O) groups is 1. The average Bonchev–Trinajstić information content (AvgIpc) is 2.58. The van der Waals surface area contributed by atoms with Crippen LogP contribution in [0.15, 0.2) is 52.5 Å². The molecule has 0 atom stereocenters. The molecule has 25 heavy (non-hydrogen) atoms. The predicted molar refractivity (Wildman–Crippen MR) is 91.0 cm³/mol. The fourth-order valence-electron chi connectivity index (χ4n) is 2.19. The molecule has 2 aromatic heterocycles. The third kappa shape index (κ3) is 3.32. The number of phenolic OH excluding ortho intramolecular Hbond substituents is 1. The van der Waals surface area contributed by atoms with Crippen molar-refractivity contribution >= 4 is 17.8 Å². The molecule has 0 aliphatic carbocycles. The molecule has 3 rings (SSSR count).